The van der Waals surface area contributed by atoms with Crippen LogP contribution in [0.4, 0.5) is 0 Å². The first-order valence-electron chi connectivity index (χ1n) is 6.27. The SMILES string of the molecule is CCC(N)CSCC(=O)NCc1ccc(C)cc1. The second-order valence-corrected chi connectivity index (χ2v) is 5.48. The largest absolute Gasteiger partial charge is 0.351 e. The molecule has 1 amide bonds. The fourth-order valence-corrected chi connectivity index (χ4v) is 2.32. The van der Waals surface area contributed by atoms with Gasteiger partial charge in [-0.05, 0) is 18.9 Å². The molecular formula is C14H22N2OS. The highest BCUT2D eigenvalue weighted by Crippen LogP contribution is 2.05. The van der Waals surface area contributed by atoms with Crippen molar-refractivity contribution in [3.63, 3.8) is 0 Å². The van der Waals surface area contributed by atoms with Crippen LogP contribution in [0.15, 0.2) is 24.3 Å². The van der Waals surface area contributed by atoms with E-state index in [4.69, 9.17) is 5.73 Å². The number of carbonyl (C=O) groups excluding carboxylic acids is 1. The Morgan fingerprint density at radius 3 is 2.67 bits per heavy atom. The van der Waals surface area contributed by atoms with Crippen molar-refractivity contribution in [3.05, 3.63) is 35.4 Å². The molecular weight excluding hydrogens is 244 g/mol. The Morgan fingerprint density at radius 1 is 1.39 bits per heavy atom. The Bertz CT molecular complexity index is 365. The van der Waals surface area contributed by atoms with Gasteiger partial charge in [0.2, 0.25) is 5.91 Å². The van der Waals surface area contributed by atoms with Crippen LogP contribution in [0.2, 0.25) is 0 Å². The first-order valence-corrected chi connectivity index (χ1v) is 7.43. The number of rotatable bonds is 7. The van der Waals surface area contributed by atoms with Crippen LogP contribution in [0.5, 0.6) is 0 Å². The maximum absolute atomic E-state index is 11.6. The number of benzene rings is 1. The minimum atomic E-state index is 0.0730. The average molecular weight is 266 g/mol. The highest BCUT2D eigenvalue weighted by Gasteiger charge is 2.04. The van der Waals surface area contributed by atoms with E-state index in [2.05, 4.69) is 31.3 Å². The van der Waals surface area contributed by atoms with E-state index >= 15 is 0 Å². The Hall–Kier alpha value is -1.00. The van der Waals surface area contributed by atoms with Crippen molar-refractivity contribution < 1.29 is 4.79 Å². The monoisotopic (exact) mass is 266 g/mol. The summed E-state index contributed by atoms with van der Waals surface area (Å²) in [7, 11) is 0. The molecule has 1 atom stereocenters. The van der Waals surface area contributed by atoms with Crippen molar-refractivity contribution >= 4 is 17.7 Å². The lowest BCUT2D eigenvalue weighted by atomic mass is 10.1. The van der Waals surface area contributed by atoms with Crippen molar-refractivity contribution in [2.75, 3.05) is 11.5 Å². The lowest BCUT2D eigenvalue weighted by molar-refractivity contribution is -0.118. The molecule has 3 nitrogen and oxygen atoms in total. The Morgan fingerprint density at radius 2 is 2.06 bits per heavy atom. The molecule has 0 radical (unpaired) electrons. The Kier molecular flexibility index (Phi) is 6.83. The van der Waals surface area contributed by atoms with Gasteiger partial charge in [-0.25, -0.2) is 0 Å². The van der Waals surface area contributed by atoms with Crippen LogP contribution in [0.1, 0.15) is 24.5 Å². The van der Waals surface area contributed by atoms with Gasteiger partial charge in [0.15, 0.2) is 0 Å². The lowest BCUT2D eigenvalue weighted by Gasteiger charge is -2.08. The molecule has 1 aromatic carbocycles. The minimum Gasteiger partial charge on any atom is -0.351 e. The third-order valence-corrected chi connectivity index (χ3v) is 3.83. The average Bonchev–Trinajstić information content (AvgIpc) is 2.38. The fourth-order valence-electron chi connectivity index (χ4n) is 1.38. The van der Waals surface area contributed by atoms with E-state index in [-0.39, 0.29) is 11.9 Å². The first-order chi connectivity index (χ1) is 8.61. The number of hydrogen-bond acceptors (Lipinski definition) is 3. The molecule has 0 aromatic heterocycles. The third kappa shape index (κ3) is 6.07. The molecule has 0 aliphatic carbocycles. The predicted octanol–water partition coefficient (Wildman–Crippen LogP) is 2.08. The molecule has 1 rings (SSSR count). The van der Waals surface area contributed by atoms with Crippen LogP contribution < -0.4 is 11.1 Å². The number of hydrogen-bond donors (Lipinski definition) is 2. The van der Waals surface area contributed by atoms with E-state index in [1.54, 1.807) is 11.8 Å². The van der Waals surface area contributed by atoms with Gasteiger partial charge in [0.05, 0.1) is 5.75 Å². The number of nitrogens with two attached hydrogens (primary N) is 1. The van der Waals surface area contributed by atoms with Gasteiger partial charge >= 0.3 is 0 Å². The quantitative estimate of drug-likeness (QED) is 0.794. The fraction of sp³-hybridized carbons (Fsp3) is 0.500. The highest BCUT2D eigenvalue weighted by molar-refractivity contribution is 7.99. The molecule has 18 heavy (non-hydrogen) atoms. The van der Waals surface area contributed by atoms with E-state index < -0.39 is 0 Å². The third-order valence-electron chi connectivity index (χ3n) is 2.70. The number of carbonyl (C=O) groups is 1. The Balaban J connectivity index is 2.19. The number of thioether (sulfide) groups is 1. The van der Waals surface area contributed by atoms with Crippen LogP contribution in [0, 0.1) is 6.92 Å². The molecule has 0 bridgehead atoms. The lowest BCUT2D eigenvalue weighted by Crippen LogP contribution is -2.27. The molecule has 0 fully saturated rings. The van der Waals surface area contributed by atoms with Gasteiger partial charge in [-0.15, -0.1) is 0 Å². The van der Waals surface area contributed by atoms with Gasteiger partial charge in [-0.3, -0.25) is 4.79 Å². The van der Waals surface area contributed by atoms with E-state index in [1.807, 2.05) is 12.1 Å². The molecule has 100 valence electrons. The zero-order valence-corrected chi connectivity index (χ0v) is 11.9. The van der Waals surface area contributed by atoms with Crippen LogP contribution in [0.25, 0.3) is 0 Å². The van der Waals surface area contributed by atoms with Gasteiger partial charge in [-0.1, -0.05) is 36.8 Å². The molecule has 1 aromatic rings. The van der Waals surface area contributed by atoms with Gasteiger partial charge in [-0.2, -0.15) is 11.8 Å². The van der Waals surface area contributed by atoms with Crippen LogP contribution in [0.3, 0.4) is 0 Å². The van der Waals surface area contributed by atoms with Crippen LogP contribution in [-0.2, 0) is 11.3 Å². The summed E-state index contributed by atoms with van der Waals surface area (Å²) in [6.45, 7) is 4.71. The zero-order chi connectivity index (χ0) is 13.4. The summed E-state index contributed by atoms with van der Waals surface area (Å²) in [5.41, 5.74) is 8.15. The van der Waals surface area contributed by atoms with Gasteiger partial charge in [0.25, 0.3) is 0 Å². The maximum Gasteiger partial charge on any atom is 0.230 e. The van der Waals surface area contributed by atoms with Crippen molar-refractivity contribution in [1.29, 1.82) is 0 Å². The normalized spacial score (nSPS) is 12.2. The molecule has 3 N–H and O–H groups in total. The first kappa shape index (κ1) is 15.1. The van der Waals surface area contributed by atoms with Gasteiger partial charge in [0, 0.05) is 18.3 Å². The molecule has 0 aliphatic heterocycles. The van der Waals surface area contributed by atoms with Crippen molar-refractivity contribution in [1.82, 2.24) is 5.32 Å². The molecule has 1 unspecified atom stereocenters. The van der Waals surface area contributed by atoms with E-state index in [0.717, 1.165) is 17.7 Å². The molecule has 0 saturated carbocycles. The second-order valence-electron chi connectivity index (χ2n) is 4.45. The van der Waals surface area contributed by atoms with Crippen molar-refractivity contribution in [2.45, 2.75) is 32.9 Å². The summed E-state index contributed by atoms with van der Waals surface area (Å²) in [6.07, 6.45) is 0.956. The summed E-state index contributed by atoms with van der Waals surface area (Å²) in [6, 6.07) is 8.37. The molecule has 0 heterocycles. The Labute approximate surface area is 114 Å². The van der Waals surface area contributed by atoms with E-state index in [1.165, 1.54) is 5.56 Å². The maximum atomic E-state index is 11.6. The van der Waals surface area contributed by atoms with Gasteiger partial charge < -0.3 is 11.1 Å². The number of amides is 1. The topological polar surface area (TPSA) is 55.1 Å². The molecule has 0 aliphatic rings. The summed E-state index contributed by atoms with van der Waals surface area (Å²) < 4.78 is 0. The minimum absolute atomic E-state index is 0.0730. The van der Waals surface area contributed by atoms with Crippen LogP contribution >= 0.6 is 11.8 Å². The van der Waals surface area contributed by atoms with E-state index in [0.29, 0.717) is 12.3 Å². The predicted molar refractivity (Wildman–Crippen MR) is 78.6 cm³/mol. The summed E-state index contributed by atoms with van der Waals surface area (Å²) in [5, 5.41) is 2.91. The van der Waals surface area contributed by atoms with E-state index in [9.17, 15) is 4.79 Å². The number of nitrogens with one attached hydrogen (secondary N) is 1. The van der Waals surface area contributed by atoms with Crippen LogP contribution in [-0.4, -0.2) is 23.5 Å². The summed E-state index contributed by atoms with van der Waals surface area (Å²) >= 11 is 1.59. The smallest absolute Gasteiger partial charge is 0.230 e. The molecule has 0 saturated heterocycles. The molecule has 4 heteroatoms. The van der Waals surface area contributed by atoms with Crippen molar-refractivity contribution in [3.8, 4) is 0 Å². The second kappa shape index (κ2) is 8.16. The standard InChI is InChI=1S/C14H22N2OS/c1-3-13(15)9-18-10-14(17)16-8-12-6-4-11(2)5-7-12/h4-7,13H,3,8-10,15H2,1-2H3,(H,16,17). The highest BCUT2D eigenvalue weighted by atomic mass is 32.2. The summed E-state index contributed by atoms with van der Waals surface area (Å²) in [4.78, 5) is 11.6. The van der Waals surface area contributed by atoms with Gasteiger partial charge in [0.1, 0.15) is 0 Å². The van der Waals surface area contributed by atoms with Crippen molar-refractivity contribution in [2.24, 2.45) is 5.73 Å². The zero-order valence-electron chi connectivity index (χ0n) is 11.1. The number of aryl methyl sites for hydroxylation is 1. The summed E-state index contributed by atoms with van der Waals surface area (Å²) in [5.74, 6) is 1.40. The molecule has 0 spiro atoms.